The molecule has 8 heteroatoms. The van der Waals surface area contributed by atoms with Gasteiger partial charge in [0.15, 0.2) is 0 Å². The van der Waals surface area contributed by atoms with Gasteiger partial charge in [-0.3, -0.25) is 0 Å². The SMILES string of the molecule is CCc1oc(C(=O)OC)cc1S(=O)(=O)NC1CC2CCC(C1)N2. The van der Waals surface area contributed by atoms with Crippen molar-refractivity contribution in [3.63, 3.8) is 0 Å². The first-order valence-corrected chi connectivity index (χ1v) is 9.40. The summed E-state index contributed by atoms with van der Waals surface area (Å²) >= 11 is 0. The van der Waals surface area contributed by atoms with Crippen molar-refractivity contribution in [2.75, 3.05) is 7.11 Å². The lowest BCUT2D eigenvalue weighted by Crippen LogP contribution is -2.47. The minimum atomic E-state index is -3.72. The average molecular weight is 342 g/mol. The Morgan fingerprint density at radius 3 is 2.61 bits per heavy atom. The first kappa shape index (κ1) is 16.5. The number of sulfonamides is 1. The second-order valence-corrected chi connectivity index (χ2v) is 7.85. The highest BCUT2D eigenvalue weighted by Gasteiger charge is 2.36. The standard InChI is InChI=1S/C15H22N2O5S/c1-3-12-14(8-13(22-12)15(18)21-2)23(19,20)17-11-6-9-4-5-10(7-11)16-9/h8-11,16-17H,3-7H2,1-2H3. The van der Waals surface area contributed by atoms with Crippen LogP contribution in [0.5, 0.6) is 0 Å². The quantitative estimate of drug-likeness (QED) is 0.780. The second-order valence-electron chi connectivity index (χ2n) is 6.17. The predicted molar refractivity (Wildman–Crippen MR) is 82.7 cm³/mol. The Kier molecular flexibility index (Phi) is 4.48. The number of hydrogen-bond acceptors (Lipinski definition) is 6. The summed E-state index contributed by atoms with van der Waals surface area (Å²) in [7, 11) is -2.49. The topological polar surface area (TPSA) is 97.6 Å². The molecule has 1 aromatic heterocycles. The lowest BCUT2D eigenvalue weighted by atomic mass is 10.0. The van der Waals surface area contributed by atoms with Crippen molar-refractivity contribution in [3.05, 3.63) is 17.6 Å². The van der Waals surface area contributed by atoms with Gasteiger partial charge in [-0.2, -0.15) is 0 Å². The smallest absolute Gasteiger partial charge is 0.373 e. The lowest BCUT2D eigenvalue weighted by Gasteiger charge is -2.29. The molecular formula is C15H22N2O5S. The van der Waals surface area contributed by atoms with E-state index in [-0.39, 0.29) is 22.5 Å². The van der Waals surface area contributed by atoms with Crippen LogP contribution >= 0.6 is 0 Å². The summed E-state index contributed by atoms with van der Waals surface area (Å²) in [6.45, 7) is 1.78. The van der Waals surface area contributed by atoms with Gasteiger partial charge in [-0.05, 0) is 25.7 Å². The summed E-state index contributed by atoms with van der Waals surface area (Å²) in [5.41, 5.74) is 0. The number of hydrogen-bond donors (Lipinski definition) is 2. The minimum Gasteiger partial charge on any atom is -0.463 e. The predicted octanol–water partition coefficient (Wildman–Crippen LogP) is 1.19. The van der Waals surface area contributed by atoms with Crippen molar-refractivity contribution in [3.8, 4) is 0 Å². The molecule has 2 fully saturated rings. The third kappa shape index (κ3) is 3.29. The molecule has 2 unspecified atom stereocenters. The van der Waals surface area contributed by atoms with E-state index >= 15 is 0 Å². The van der Waals surface area contributed by atoms with E-state index in [1.165, 1.54) is 13.2 Å². The highest BCUT2D eigenvalue weighted by Crippen LogP contribution is 2.29. The van der Waals surface area contributed by atoms with Gasteiger partial charge in [-0.1, -0.05) is 6.92 Å². The summed E-state index contributed by atoms with van der Waals surface area (Å²) in [4.78, 5) is 11.6. The zero-order valence-corrected chi connectivity index (χ0v) is 14.1. The molecular weight excluding hydrogens is 320 g/mol. The molecule has 2 aliphatic heterocycles. The Morgan fingerprint density at radius 2 is 2.04 bits per heavy atom. The van der Waals surface area contributed by atoms with Gasteiger partial charge in [-0.15, -0.1) is 0 Å². The third-order valence-electron chi connectivity index (χ3n) is 4.56. The van der Waals surface area contributed by atoms with E-state index in [2.05, 4.69) is 14.8 Å². The zero-order valence-electron chi connectivity index (χ0n) is 13.3. The van der Waals surface area contributed by atoms with Gasteiger partial charge in [0, 0.05) is 30.6 Å². The molecule has 0 aromatic carbocycles. The van der Waals surface area contributed by atoms with Crippen LogP contribution in [0.3, 0.4) is 0 Å². The Morgan fingerprint density at radius 1 is 1.39 bits per heavy atom. The van der Waals surface area contributed by atoms with Crippen molar-refractivity contribution < 1.29 is 22.4 Å². The van der Waals surface area contributed by atoms with Gasteiger partial charge in [0.1, 0.15) is 10.7 Å². The summed E-state index contributed by atoms with van der Waals surface area (Å²) in [5.74, 6) is -0.494. The molecule has 3 rings (SSSR count). The maximum atomic E-state index is 12.7. The Bertz CT molecular complexity index is 685. The second kappa shape index (κ2) is 6.26. The average Bonchev–Trinajstić information content (AvgIpc) is 3.10. The van der Waals surface area contributed by atoms with Gasteiger partial charge < -0.3 is 14.5 Å². The van der Waals surface area contributed by atoms with Gasteiger partial charge in [0.2, 0.25) is 15.8 Å². The number of piperidine rings is 1. The fourth-order valence-corrected chi connectivity index (χ4v) is 5.03. The van der Waals surface area contributed by atoms with Crippen molar-refractivity contribution >= 4 is 16.0 Å². The van der Waals surface area contributed by atoms with E-state index in [4.69, 9.17) is 4.42 Å². The van der Waals surface area contributed by atoms with E-state index in [1.54, 1.807) is 6.92 Å². The molecule has 3 heterocycles. The normalized spacial score (nSPS) is 27.1. The molecule has 2 saturated heterocycles. The maximum absolute atomic E-state index is 12.7. The van der Waals surface area contributed by atoms with E-state index in [0.717, 1.165) is 25.7 Å². The van der Waals surface area contributed by atoms with Crippen LogP contribution in [0.4, 0.5) is 0 Å². The van der Waals surface area contributed by atoms with Crippen molar-refractivity contribution in [2.24, 2.45) is 0 Å². The molecule has 2 N–H and O–H groups in total. The summed E-state index contributed by atoms with van der Waals surface area (Å²) in [6, 6.07) is 1.95. The molecule has 2 atom stereocenters. The number of fused-ring (bicyclic) bond motifs is 2. The fraction of sp³-hybridized carbons (Fsp3) is 0.667. The highest BCUT2D eigenvalue weighted by atomic mass is 32.2. The van der Waals surface area contributed by atoms with Gasteiger partial charge in [-0.25, -0.2) is 17.9 Å². The van der Waals surface area contributed by atoms with Gasteiger partial charge in [0.05, 0.1) is 7.11 Å². The molecule has 0 amide bonds. The van der Waals surface area contributed by atoms with Crippen molar-refractivity contribution in [1.82, 2.24) is 10.0 Å². The number of ether oxygens (including phenoxy) is 1. The molecule has 0 aliphatic carbocycles. The summed E-state index contributed by atoms with van der Waals surface area (Å²) in [6.07, 6.45) is 4.16. The number of rotatable bonds is 5. The number of furan rings is 1. The molecule has 2 aliphatic rings. The van der Waals surface area contributed by atoms with Crippen LogP contribution in [-0.4, -0.2) is 39.6 Å². The number of carbonyl (C=O) groups excluding carboxylic acids is 1. The Labute approximate surface area is 135 Å². The monoisotopic (exact) mass is 342 g/mol. The molecule has 0 radical (unpaired) electrons. The van der Waals surface area contributed by atoms with E-state index < -0.39 is 16.0 Å². The highest BCUT2D eigenvalue weighted by molar-refractivity contribution is 7.89. The van der Waals surface area contributed by atoms with E-state index in [0.29, 0.717) is 18.5 Å². The first-order chi connectivity index (χ1) is 10.9. The number of nitrogens with one attached hydrogen (secondary N) is 2. The Balaban J connectivity index is 1.81. The van der Waals surface area contributed by atoms with E-state index in [1.807, 2.05) is 0 Å². The van der Waals surface area contributed by atoms with Crippen LogP contribution in [0.25, 0.3) is 0 Å². The lowest BCUT2D eigenvalue weighted by molar-refractivity contribution is 0.0563. The van der Waals surface area contributed by atoms with Crippen LogP contribution in [0.15, 0.2) is 15.4 Å². The molecule has 23 heavy (non-hydrogen) atoms. The molecule has 1 aromatic rings. The number of carbonyl (C=O) groups is 1. The Hall–Kier alpha value is -1.38. The first-order valence-electron chi connectivity index (χ1n) is 7.92. The fourth-order valence-electron chi connectivity index (χ4n) is 3.52. The van der Waals surface area contributed by atoms with E-state index in [9.17, 15) is 13.2 Å². The van der Waals surface area contributed by atoms with Crippen LogP contribution in [0.2, 0.25) is 0 Å². The van der Waals surface area contributed by atoms with Crippen LogP contribution < -0.4 is 10.0 Å². The number of methoxy groups -OCH3 is 1. The molecule has 7 nitrogen and oxygen atoms in total. The molecule has 128 valence electrons. The summed E-state index contributed by atoms with van der Waals surface area (Å²) in [5, 5.41) is 3.48. The van der Waals surface area contributed by atoms with Crippen LogP contribution in [0, 0.1) is 0 Å². The molecule has 0 saturated carbocycles. The van der Waals surface area contributed by atoms with Crippen molar-refractivity contribution in [1.29, 1.82) is 0 Å². The number of aryl methyl sites for hydroxylation is 1. The van der Waals surface area contributed by atoms with Crippen LogP contribution in [-0.2, 0) is 21.2 Å². The third-order valence-corrected chi connectivity index (χ3v) is 6.13. The summed E-state index contributed by atoms with van der Waals surface area (Å²) < 4.78 is 38.1. The van der Waals surface area contributed by atoms with Crippen LogP contribution in [0.1, 0.15) is 48.9 Å². The number of esters is 1. The molecule has 0 spiro atoms. The zero-order chi connectivity index (χ0) is 16.6. The van der Waals surface area contributed by atoms with Crippen molar-refractivity contribution in [2.45, 2.75) is 62.0 Å². The molecule has 2 bridgehead atoms. The van der Waals surface area contributed by atoms with Gasteiger partial charge >= 0.3 is 5.97 Å². The largest absolute Gasteiger partial charge is 0.463 e. The minimum absolute atomic E-state index is 0.0336. The van der Waals surface area contributed by atoms with Gasteiger partial charge in [0.25, 0.3) is 0 Å². The maximum Gasteiger partial charge on any atom is 0.373 e.